The summed E-state index contributed by atoms with van der Waals surface area (Å²) in [5.41, 5.74) is 0.790. The molecule has 0 spiro atoms. The Hall–Kier alpha value is -0.960. The van der Waals surface area contributed by atoms with Crippen LogP contribution >= 0.6 is 0 Å². The molecule has 1 aromatic rings. The third-order valence-electron chi connectivity index (χ3n) is 2.53. The Morgan fingerprint density at radius 1 is 1.31 bits per heavy atom. The molecule has 70 valence electrons. The minimum absolute atomic E-state index is 0.129. The SMILES string of the molecule is OC[C@@H]1C[C@H]1c1ccc(F)c(F)c1. The molecule has 3 heteroatoms. The Labute approximate surface area is 75.0 Å². The van der Waals surface area contributed by atoms with Crippen molar-refractivity contribution in [3.8, 4) is 0 Å². The number of halogens is 2. The molecule has 1 fully saturated rings. The van der Waals surface area contributed by atoms with Crippen LogP contribution in [0.3, 0.4) is 0 Å². The predicted molar refractivity (Wildman–Crippen MR) is 44.3 cm³/mol. The molecular weight excluding hydrogens is 174 g/mol. The van der Waals surface area contributed by atoms with E-state index in [4.69, 9.17) is 5.11 Å². The average molecular weight is 184 g/mol. The summed E-state index contributed by atoms with van der Waals surface area (Å²) in [6.07, 6.45) is 0.877. The number of aliphatic hydroxyl groups is 1. The van der Waals surface area contributed by atoms with Crippen molar-refractivity contribution in [1.29, 1.82) is 0 Å². The van der Waals surface area contributed by atoms with Gasteiger partial charge in [0.05, 0.1) is 0 Å². The molecule has 0 heterocycles. The number of benzene rings is 1. The molecule has 0 amide bonds. The quantitative estimate of drug-likeness (QED) is 0.745. The Bertz CT molecular complexity index is 325. The molecule has 0 aliphatic heterocycles. The highest BCUT2D eigenvalue weighted by atomic mass is 19.2. The summed E-state index contributed by atoms with van der Waals surface area (Å²) in [6, 6.07) is 3.94. The maximum absolute atomic E-state index is 12.8. The van der Waals surface area contributed by atoms with Gasteiger partial charge in [-0.1, -0.05) is 6.07 Å². The average Bonchev–Trinajstić information content (AvgIpc) is 2.88. The normalized spacial score (nSPS) is 26.1. The van der Waals surface area contributed by atoms with Crippen LogP contribution in [0.1, 0.15) is 17.9 Å². The molecule has 0 saturated heterocycles. The number of hydrogen-bond acceptors (Lipinski definition) is 1. The topological polar surface area (TPSA) is 20.2 Å². The summed E-state index contributed by atoms with van der Waals surface area (Å²) in [7, 11) is 0. The molecule has 0 bridgehead atoms. The van der Waals surface area contributed by atoms with E-state index < -0.39 is 11.6 Å². The summed E-state index contributed by atoms with van der Waals surface area (Å²) in [6.45, 7) is 0.129. The molecule has 1 nitrogen and oxygen atoms in total. The van der Waals surface area contributed by atoms with Crippen molar-refractivity contribution in [3.05, 3.63) is 35.4 Å². The number of rotatable bonds is 2. The van der Waals surface area contributed by atoms with Gasteiger partial charge in [0.15, 0.2) is 11.6 Å². The van der Waals surface area contributed by atoms with Crippen molar-refractivity contribution in [3.63, 3.8) is 0 Å². The highest BCUT2D eigenvalue weighted by Gasteiger charge is 2.37. The van der Waals surface area contributed by atoms with E-state index in [0.717, 1.165) is 18.1 Å². The highest BCUT2D eigenvalue weighted by molar-refractivity contribution is 5.27. The van der Waals surface area contributed by atoms with Crippen molar-refractivity contribution in [2.75, 3.05) is 6.61 Å². The fraction of sp³-hybridized carbons (Fsp3) is 0.400. The van der Waals surface area contributed by atoms with Crippen LogP contribution in [-0.2, 0) is 0 Å². The molecule has 0 unspecified atom stereocenters. The van der Waals surface area contributed by atoms with Crippen LogP contribution in [0.2, 0.25) is 0 Å². The standard InChI is InChI=1S/C10H10F2O/c11-9-2-1-6(4-10(9)12)8-3-7(8)5-13/h1-2,4,7-8,13H,3,5H2/t7-,8-/m0/s1. The van der Waals surface area contributed by atoms with Gasteiger partial charge in [-0.05, 0) is 36.0 Å². The lowest BCUT2D eigenvalue weighted by molar-refractivity contribution is 0.274. The molecule has 0 radical (unpaired) electrons. The molecule has 1 aliphatic carbocycles. The predicted octanol–water partition coefficient (Wildman–Crippen LogP) is 2.06. The third-order valence-corrected chi connectivity index (χ3v) is 2.53. The van der Waals surface area contributed by atoms with E-state index >= 15 is 0 Å². The zero-order valence-electron chi connectivity index (χ0n) is 7.00. The summed E-state index contributed by atoms with van der Waals surface area (Å²) >= 11 is 0. The number of hydrogen-bond donors (Lipinski definition) is 1. The fourth-order valence-corrected chi connectivity index (χ4v) is 1.60. The van der Waals surface area contributed by atoms with E-state index in [0.29, 0.717) is 0 Å². The van der Waals surface area contributed by atoms with Gasteiger partial charge < -0.3 is 5.11 Å². The monoisotopic (exact) mass is 184 g/mol. The minimum atomic E-state index is -0.815. The molecule has 1 aromatic carbocycles. The number of aliphatic hydroxyl groups excluding tert-OH is 1. The van der Waals surface area contributed by atoms with Crippen molar-refractivity contribution in [2.45, 2.75) is 12.3 Å². The van der Waals surface area contributed by atoms with Gasteiger partial charge in [-0.15, -0.1) is 0 Å². The van der Waals surface area contributed by atoms with Gasteiger partial charge in [0.1, 0.15) is 0 Å². The van der Waals surface area contributed by atoms with Crippen molar-refractivity contribution in [1.82, 2.24) is 0 Å². The molecule has 1 aliphatic rings. The largest absolute Gasteiger partial charge is 0.396 e. The lowest BCUT2D eigenvalue weighted by Gasteiger charge is -1.99. The second kappa shape index (κ2) is 3.07. The molecular formula is C10H10F2O. The van der Waals surface area contributed by atoms with Gasteiger partial charge in [-0.25, -0.2) is 8.78 Å². The van der Waals surface area contributed by atoms with E-state index in [1.54, 1.807) is 6.07 Å². The van der Waals surface area contributed by atoms with Gasteiger partial charge in [-0.2, -0.15) is 0 Å². The second-order valence-electron chi connectivity index (χ2n) is 3.46. The van der Waals surface area contributed by atoms with E-state index in [-0.39, 0.29) is 18.4 Å². The van der Waals surface area contributed by atoms with E-state index in [9.17, 15) is 8.78 Å². The molecule has 1 N–H and O–H groups in total. The lowest BCUT2D eigenvalue weighted by Crippen LogP contribution is -1.91. The first-order chi connectivity index (χ1) is 6.22. The minimum Gasteiger partial charge on any atom is -0.396 e. The second-order valence-corrected chi connectivity index (χ2v) is 3.46. The van der Waals surface area contributed by atoms with Crippen LogP contribution in [0.15, 0.2) is 18.2 Å². The van der Waals surface area contributed by atoms with Crippen LogP contribution in [0.25, 0.3) is 0 Å². The van der Waals surface area contributed by atoms with E-state index in [2.05, 4.69) is 0 Å². The molecule has 0 aromatic heterocycles. The summed E-state index contributed by atoms with van der Waals surface area (Å²) in [5.74, 6) is -1.16. The first-order valence-corrected chi connectivity index (χ1v) is 4.28. The Kier molecular flexibility index (Phi) is 2.04. The van der Waals surface area contributed by atoms with Crippen LogP contribution in [0.5, 0.6) is 0 Å². The lowest BCUT2D eigenvalue weighted by atomic mass is 10.1. The summed E-state index contributed by atoms with van der Waals surface area (Å²) in [4.78, 5) is 0. The van der Waals surface area contributed by atoms with Gasteiger partial charge in [-0.3, -0.25) is 0 Å². The zero-order chi connectivity index (χ0) is 9.42. The molecule has 2 atom stereocenters. The van der Waals surface area contributed by atoms with E-state index in [1.807, 2.05) is 0 Å². The van der Waals surface area contributed by atoms with Crippen LogP contribution in [0.4, 0.5) is 8.78 Å². The summed E-state index contributed by atoms with van der Waals surface area (Å²) in [5, 5.41) is 8.79. The van der Waals surface area contributed by atoms with E-state index in [1.165, 1.54) is 6.07 Å². The first kappa shape index (κ1) is 8.63. The van der Waals surface area contributed by atoms with Crippen LogP contribution in [0, 0.1) is 17.6 Å². The molecule has 2 rings (SSSR count). The van der Waals surface area contributed by atoms with Crippen LogP contribution < -0.4 is 0 Å². The molecule has 1 saturated carbocycles. The maximum Gasteiger partial charge on any atom is 0.159 e. The van der Waals surface area contributed by atoms with Gasteiger partial charge in [0.2, 0.25) is 0 Å². The molecule has 13 heavy (non-hydrogen) atoms. The maximum atomic E-state index is 12.8. The van der Waals surface area contributed by atoms with Gasteiger partial charge in [0.25, 0.3) is 0 Å². The van der Waals surface area contributed by atoms with Gasteiger partial charge in [0, 0.05) is 6.61 Å². The highest BCUT2D eigenvalue weighted by Crippen LogP contribution is 2.47. The Morgan fingerprint density at radius 3 is 2.62 bits per heavy atom. The van der Waals surface area contributed by atoms with Crippen LogP contribution in [-0.4, -0.2) is 11.7 Å². The summed E-state index contributed by atoms with van der Waals surface area (Å²) < 4.78 is 25.3. The first-order valence-electron chi connectivity index (χ1n) is 4.28. The van der Waals surface area contributed by atoms with Crippen molar-refractivity contribution >= 4 is 0 Å². The smallest absolute Gasteiger partial charge is 0.159 e. The Morgan fingerprint density at radius 2 is 2.08 bits per heavy atom. The fourth-order valence-electron chi connectivity index (χ4n) is 1.60. The third kappa shape index (κ3) is 1.56. The van der Waals surface area contributed by atoms with Gasteiger partial charge >= 0.3 is 0 Å². The van der Waals surface area contributed by atoms with Crippen molar-refractivity contribution < 1.29 is 13.9 Å². The van der Waals surface area contributed by atoms with Crippen molar-refractivity contribution in [2.24, 2.45) is 5.92 Å². The zero-order valence-corrected chi connectivity index (χ0v) is 7.00. The Balaban J connectivity index is 2.19.